The van der Waals surface area contributed by atoms with E-state index in [9.17, 15) is 0 Å². The first-order chi connectivity index (χ1) is 26.7. The number of nitrogens with zero attached hydrogens (tertiary/aromatic N) is 5. The fourth-order valence-corrected chi connectivity index (χ4v) is 8.87. The Labute approximate surface area is 308 Å². The van der Waals surface area contributed by atoms with Gasteiger partial charge in [-0.05, 0) is 66.0 Å². The van der Waals surface area contributed by atoms with E-state index < -0.39 is 0 Å². The standard InChI is InChI=1S/C48H28FN5/c49-36-25-28-42-46-44(36)35-19-9-11-21-38(35)53(46)41-27-23-31-32(45(41)52(42)30-15-5-2-6-16-30)24-26-40-43(31)34-18-8-12-22-39(34)54(40)48-33-17-7-10-20-37(33)50-47(51-48)29-13-3-1-4-14-29/h1-28H. The molecule has 11 aromatic rings. The number of halogens is 1. The summed E-state index contributed by atoms with van der Waals surface area (Å²) in [5.41, 5.74) is 9.85. The summed E-state index contributed by atoms with van der Waals surface area (Å²) >= 11 is 0. The van der Waals surface area contributed by atoms with Crippen molar-refractivity contribution < 1.29 is 4.39 Å². The summed E-state index contributed by atoms with van der Waals surface area (Å²) in [5.74, 6) is 1.30. The smallest absolute Gasteiger partial charge is 0.162 e. The molecule has 0 fully saturated rings. The number of anilines is 3. The second-order valence-electron chi connectivity index (χ2n) is 13.9. The summed E-state index contributed by atoms with van der Waals surface area (Å²) in [6.07, 6.45) is 0. The number of hydrogen-bond acceptors (Lipinski definition) is 3. The molecule has 4 heterocycles. The van der Waals surface area contributed by atoms with Gasteiger partial charge in [-0.2, -0.15) is 0 Å². The molecule has 1 aliphatic heterocycles. The molecular weight excluding hydrogens is 666 g/mol. The number of hydrogen-bond donors (Lipinski definition) is 0. The highest BCUT2D eigenvalue weighted by Gasteiger charge is 2.32. The van der Waals surface area contributed by atoms with Gasteiger partial charge < -0.3 is 9.47 Å². The maximum atomic E-state index is 15.9. The van der Waals surface area contributed by atoms with Crippen LogP contribution in [0, 0.1) is 5.82 Å². The van der Waals surface area contributed by atoms with Crippen LogP contribution in [0.25, 0.3) is 88.2 Å². The van der Waals surface area contributed by atoms with Gasteiger partial charge >= 0.3 is 0 Å². The van der Waals surface area contributed by atoms with Crippen molar-refractivity contribution >= 4 is 82.3 Å². The predicted octanol–water partition coefficient (Wildman–Crippen LogP) is 12.6. The lowest BCUT2D eigenvalue weighted by molar-refractivity contribution is 0.640. The fourth-order valence-electron chi connectivity index (χ4n) is 8.87. The number of fused-ring (bicyclic) bond motifs is 12. The van der Waals surface area contributed by atoms with Crippen LogP contribution in [0.5, 0.6) is 0 Å². The van der Waals surface area contributed by atoms with E-state index in [1.165, 1.54) is 0 Å². The van der Waals surface area contributed by atoms with Crippen molar-refractivity contribution in [2.24, 2.45) is 0 Å². The molecule has 3 aromatic heterocycles. The molecular formula is C48H28FN5. The lowest BCUT2D eigenvalue weighted by atomic mass is 9.98. The van der Waals surface area contributed by atoms with Crippen molar-refractivity contribution in [3.63, 3.8) is 0 Å². The van der Waals surface area contributed by atoms with Crippen LogP contribution in [0.1, 0.15) is 0 Å². The average molecular weight is 694 g/mol. The Morgan fingerprint density at radius 2 is 1.06 bits per heavy atom. The van der Waals surface area contributed by atoms with Gasteiger partial charge in [0.2, 0.25) is 0 Å². The third kappa shape index (κ3) is 3.86. The second kappa shape index (κ2) is 10.9. The molecule has 54 heavy (non-hydrogen) atoms. The lowest BCUT2D eigenvalue weighted by Crippen LogP contribution is -2.18. The lowest BCUT2D eigenvalue weighted by Gasteiger charge is -2.34. The highest BCUT2D eigenvalue weighted by Crippen LogP contribution is 2.53. The van der Waals surface area contributed by atoms with Crippen LogP contribution in [0.4, 0.5) is 21.5 Å². The van der Waals surface area contributed by atoms with Gasteiger partial charge in [0.25, 0.3) is 0 Å². The molecule has 0 bridgehead atoms. The van der Waals surface area contributed by atoms with E-state index in [0.717, 1.165) is 94.0 Å². The molecule has 0 saturated carbocycles. The summed E-state index contributed by atoms with van der Waals surface area (Å²) in [6, 6.07) is 58.1. The molecule has 8 aromatic carbocycles. The molecule has 5 nitrogen and oxygen atoms in total. The third-order valence-corrected chi connectivity index (χ3v) is 11.1. The zero-order chi connectivity index (χ0) is 35.5. The minimum atomic E-state index is -0.219. The Morgan fingerprint density at radius 3 is 1.85 bits per heavy atom. The van der Waals surface area contributed by atoms with E-state index >= 15 is 4.39 Å². The van der Waals surface area contributed by atoms with Crippen LogP contribution in [0.2, 0.25) is 0 Å². The van der Waals surface area contributed by atoms with Gasteiger partial charge in [0.05, 0.1) is 44.6 Å². The van der Waals surface area contributed by atoms with Gasteiger partial charge in [-0.25, -0.2) is 14.4 Å². The van der Waals surface area contributed by atoms with E-state index in [1.54, 1.807) is 6.07 Å². The van der Waals surface area contributed by atoms with Crippen molar-refractivity contribution in [2.45, 2.75) is 0 Å². The number of rotatable bonds is 3. The molecule has 0 aliphatic carbocycles. The van der Waals surface area contributed by atoms with E-state index in [-0.39, 0.29) is 5.82 Å². The summed E-state index contributed by atoms with van der Waals surface area (Å²) < 4.78 is 20.4. The van der Waals surface area contributed by atoms with Crippen molar-refractivity contribution in [1.82, 2.24) is 19.1 Å². The van der Waals surface area contributed by atoms with Crippen LogP contribution >= 0.6 is 0 Å². The normalized spacial score (nSPS) is 12.5. The van der Waals surface area contributed by atoms with Crippen molar-refractivity contribution in [3.05, 3.63) is 176 Å². The molecule has 0 saturated heterocycles. The molecule has 0 amide bonds. The highest BCUT2D eigenvalue weighted by atomic mass is 19.1. The van der Waals surface area contributed by atoms with E-state index in [4.69, 9.17) is 9.97 Å². The van der Waals surface area contributed by atoms with Gasteiger partial charge in [-0.3, -0.25) is 4.57 Å². The van der Waals surface area contributed by atoms with Crippen molar-refractivity contribution in [3.8, 4) is 22.9 Å². The largest absolute Gasteiger partial charge is 0.306 e. The number of aromatic nitrogens is 4. The van der Waals surface area contributed by atoms with Crippen molar-refractivity contribution in [1.29, 1.82) is 0 Å². The first-order valence-electron chi connectivity index (χ1n) is 18.1. The Bertz CT molecular complexity index is 3350. The van der Waals surface area contributed by atoms with Crippen LogP contribution in [0.15, 0.2) is 170 Å². The molecule has 252 valence electrons. The van der Waals surface area contributed by atoms with Gasteiger partial charge in [0.15, 0.2) is 5.82 Å². The molecule has 0 spiro atoms. The first kappa shape index (κ1) is 29.3. The Kier molecular flexibility index (Phi) is 5.89. The molecule has 6 heteroatoms. The van der Waals surface area contributed by atoms with Gasteiger partial charge in [-0.15, -0.1) is 0 Å². The van der Waals surface area contributed by atoms with E-state index in [2.05, 4.69) is 123 Å². The fraction of sp³-hybridized carbons (Fsp3) is 0. The molecule has 1 aliphatic rings. The Balaban J connectivity index is 1.22. The first-order valence-corrected chi connectivity index (χ1v) is 18.1. The molecule has 12 rings (SSSR count). The predicted molar refractivity (Wildman–Crippen MR) is 219 cm³/mol. The van der Waals surface area contributed by atoms with Crippen molar-refractivity contribution in [2.75, 3.05) is 4.90 Å². The Hall–Kier alpha value is -7.31. The van der Waals surface area contributed by atoms with Gasteiger partial charge in [0.1, 0.15) is 11.6 Å². The summed E-state index contributed by atoms with van der Waals surface area (Å²) in [6.45, 7) is 0. The van der Waals surface area contributed by atoms with Crippen LogP contribution < -0.4 is 4.90 Å². The van der Waals surface area contributed by atoms with Crippen LogP contribution in [0.3, 0.4) is 0 Å². The molecule has 0 atom stereocenters. The van der Waals surface area contributed by atoms with Crippen LogP contribution in [-0.4, -0.2) is 19.1 Å². The average Bonchev–Trinajstić information content (AvgIpc) is 3.77. The third-order valence-electron chi connectivity index (χ3n) is 11.1. The minimum Gasteiger partial charge on any atom is -0.306 e. The summed E-state index contributed by atoms with van der Waals surface area (Å²) in [5, 5.41) is 7.04. The molecule has 0 radical (unpaired) electrons. The van der Waals surface area contributed by atoms with Crippen LogP contribution in [-0.2, 0) is 0 Å². The summed E-state index contributed by atoms with van der Waals surface area (Å²) in [4.78, 5) is 12.6. The van der Waals surface area contributed by atoms with Gasteiger partial charge in [-0.1, -0.05) is 109 Å². The SMILES string of the molecule is Fc1ccc2c3c1c1ccccc1n3-c1ccc3c(ccc4c3c3ccccc3n4-c3nc(-c4ccccc4)nc4ccccc34)c1N2c1ccccc1. The molecule has 0 N–H and O–H groups in total. The quantitative estimate of drug-likeness (QED) is 0.185. The van der Waals surface area contributed by atoms with E-state index in [0.29, 0.717) is 11.2 Å². The summed E-state index contributed by atoms with van der Waals surface area (Å²) in [7, 11) is 0. The topological polar surface area (TPSA) is 38.9 Å². The van der Waals surface area contributed by atoms with E-state index in [1.807, 2.05) is 54.6 Å². The Morgan fingerprint density at radius 1 is 0.426 bits per heavy atom. The monoisotopic (exact) mass is 693 g/mol. The highest BCUT2D eigenvalue weighted by molar-refractivity contribution is 6.26. The maximum Gasteiger partial charge on any atom is 0.162 e. The maximum absolute atomic E-state index is 15.9. The number of benzene rings is 8. The number of para-hydroxylation sites is 4. The minimum absolute atomic E-state index is 0.219. The molecule has 0 unspecified atom stereocenters. The van der Waals surface area contributed by atoms with Gasteiger partial charge in [0, 0.05) is 43.6 Å². The zero-order valence-corrected chi connectivity index (χ0v) is 28.8. The zero-order valence-electron chi connectivity index (χ0n) is 28.8. The second-order valence-corrected chi connectivity index (χ2v) is 13.9.